The molecule has 3 N–H and O–H groups in total. The number of imidazole rings is 1. The van der Waals surface area contributed by atoms with Gasteiger partial charge in [0.2, 0.25) is 0 Å². The molecule has 1 atom stereocenters. The van der Waals surface area contributed by atoms with Crippen LogP contribution >= 0.6 is 0 Å². The Balaban J connectivity index is 1.75. The van der Waals surface area contributed by atoms with E-state index in [4.69, 9.17) is 21.3 Å². The molecule has 4 rings (SSSR count). The zero-order valence-electron chi connectivity index (χ0n) is 18.1. The number of ether oxygens (including phenoxy) is 1. The van der Waals surface area contributed by atoms with Crippen molar-refractivity contribution in [1.29, 1.82) is 0 Å². The third-order valence-corrected chi connectivity index (χ3v) is 6.06. The molecule has 0 saturated heterocycles. The number of aryl methyl sites for hydroxylation is 2. The van der Waals surface area contributed by atoms with Gasteiger partial charge in [0.25, 0.3) is 0 Å². The van der Waals surface area contributed by atoms with Crippen LogP contribution in [0.4, 0.5) is 0 Å². The zero-order valence-corrected chi connectivity index (χ0v) is 17.1. The molecule has 0 amide bonds. The normalized spacial score (nSPS) is 21.4. The van der Waals surface area contributed by atoms with Gasteiger partial charge in [-0.25, -0.2) is 4.98 Å². The number of rotatable bonds is 6. The maximum absolute atomic E-state index is 9.43. The lowest BCUT2D eigenvalue weighted by Gasteiger charge is -2.30. The Morgan fingerprint density at radius 3 is 2.79 bits per heavy atom. The Morgan fingerprint density at radius 2 is 2.14 bits per heavy atom. The summed E-state index contributed by atoms with van der Waals surface area (Å²) < 4.78 is 20.4. The smallest absolute Gasteiger partial charge is 0.141 e. The maximum Gasteiger partial charge on any atom is 0.141 e. The van der Waals surface area contributed by atoms with Crippen molar-refractivity contribution in [2.75, 3.05) is 13.7 Å². The van der Waals surface area contributed by atoms with Gasteiger partial charge in [-0.15, -0.1) is 0 Å². The van der Waals surface area contributed by atoms with Crippen molar-refractivity contribution < 1.29 is 15.7 Å². The number of hydrogen-bond donors (Lipinski definition) is 2. The van der Waals surface area contributed by atoms with Gasteiger partial charge in [-0.3, -0.25) is 0 Å². The molecule has 2 aromatic heterocycles. The van der Waals surface area contributed by atoms with E-state index in [-0.39, 0.29) is 31.9 Å². The lowest BCUT2D eigenvalue weighted by molar-refractivity contribution is 0.0584. The highest BCUT2D eigenvalue weighted by Gasteiger charge is 2.27. The van der Waals surface area contributed by atoms with E-state index in [1.165, 1.54) is 0 Å². The second kappa shape index (κ2) is 8.26. The highest BCUT2D eigenvalue weighted by Crippen LogP contribution is 2.37. The first kappa shape index (κ1) is 18.8. The Hall–Kier alpha value is -2.22. The quantitative estimate of drug-likeness (QED) is 0.654. The lowest BCUT2D eigenvalue weighted by atomic mass is 9.92. The third-order valence-electron chi connectivity index (χ3n) is 6.06. The summed E-state index contributed by atoms with van der Waals surface area (Å²) in [5.74, 6) is 1.61. The van der Waals surface area contributed by atoms with Crippen LogP contribution in [0.15, 0.2) is 22.7 Å². The number of methoxy groups -OCH3 is 1. The minimum absolute atomic E-state index is 0.0143. The average molecular weight is 400 g/mol. The molecule has 2 heterocycles. The average Bonchev–Trinajstić information content (AvgIpc) is 3.28. The predicted molar refractivity (Wildman–Crippen MR) is 112 cm³/mol. The fourth-order valence-electron chi connectivity index (χ4n) is 4.55. The van der Waals surface area contributed by atoms with E-state index in [9.17, 15) is 5.11 Å². The molecule has 1 saturated carbocycles. The zero-order chi connectivity index (χ0) is 21.3. The van der Waals surface area contributed by atoms with Crippen LogP contribution in [0, 0.1) is 13.8 Å². The molecule has 1 aliphatic rings. The highest BCUT2D eigenvalue weighted by atomic mass is 16.5. The number of aliphatic hydroxyl groups excluding tert-OH is 1. The number of nitrogens with two attached hydrogens (primary N) is 1. The number of aromatic nitrogens is 3. The molecule has 1 aromatic carbocycles. The number of aliphatic hydroxyl groups is 1. The Bertz CT molecular complexity index is 988. The van der Waals surface area contributed by atoms with Crippen molar-refractivity contribution in [3.05, 3.63) is 35.5 Å². The molecule has 1 fully saturated rings. The number of fused-ring (bicyclic) bond motifs is 1. The molecule has 156 valence electrons. The molecule has 0 aliphatic heterocycles. The summed E-state index contributed by atoms with van der Waals surface area (Å²) in [6.45, 7) is 3.88. The van der Waals surface area contributed by atoms with Crippen LogP contribution < -0.4 is 5.73 Å². The van der Waals surface area contributed by atoms with Crippen molar-refractivity contribution in [2.24, 2.45) is 5.73 Å². The summed E-state index contributed by atoms with van der Waals surface area (Å²) in [6, 6.07) is 6.22. The van der Waals surface area contributed by atoms with Crippen molar-refractivity contribution in [2.45, 2.75) is 64.1 Å². The molecule has 0 bridgehead atoms. The second-order valence-corrected chi connectivity index (χ2v) is 7.96. The van der Waals surface area contributed by atoms with E-state index in [0.29, 0.717) is 6.42 Å². The van der Waals surface area contributed by atoms with E-state index in [1.807, 2.05) is 13.8 Å². The standard InChI is InChI=1S/C22H30N4O3/c1-13-21(14(2)29-25-13)15-4-9-20-19(12-15)24-22(18(23)10-11-27)26(20)16-5-7-17(28-3)8-6-16/h4,9,12,16-18,27H,5-8,10-11,23H2,1-3H3/t16?,17?,18-/m0/s1/i3D. The van der Waals surface area contributed by atoms with Crippen molar-refractivity contribution >= 4 is 11.0 Å². The van der Waals surface area contributed by atoms with Crippen LogP contribution in [0.25, 0.3) is 22.2 Å². The summed E-state index contributed by atoms with van der Waals surface area (Å²) in [5.41, 5.74) is 11.2. The molecular weight excluding hydrogens is 368 g/mol. The van der Waals surface area contributed by atoms with Crippen molar-refractivity contribution in [1.82, 2.24) is 14.7 Å². The Morgan fingerprint density at radius 1 is 1.34 bits per heavy atom. The minimum atomic E-state index is -0.327. The summed E-state index contributed by atoms with van der Waals surface area (Å²) in [5, 5.41) is 13.5. The monoisotopic (exact) mass is 399 g/mol. The molecule has 0 spiro atoms. The van der Waals surface area contributed by atoms with Crippen LogP contribution in [0.2, 0.25) is 0 Å². The molecule has 1 aliphatic carbocycles. The number of nitrogens with zero attached hydrogens (tertiary/aromatic N) is 3. The Kier molecular flexibility index (Phi) is 5.35. The van der Waals surface area contributed by atoms with Crippen LogP contribution in [-0.2, 0) is 4.74 Å². The lowest BCUT2D eigenvalue weighted by Crippen LogP contribution is -2.26. The van der Waals surface area contributed by atoms with E-state index in [0.717, 1.165) is 65.1 Å². The van der Waals surface area contributed by atoms with Gasteiger partial charge in [0.05, 0.1) is 30.2 Å². The fourth-order valence-corrected chi connectivity index (χ4v) is 4.55. The largest absolute Gasteiger partial charge is 0.396 e. The number of hydrogen-bond acceptors (Lipinski definition) is 6. The van der Waals surface area contributed by atoms with Crippen molar-refractivity contribution in [3.63, 3.8) is 0 Å². The van der Waals surface area contributed by atoms with Gasteiger partial charge in [-0.05, 0) is 63.6 Å². The first-order valence-corrected chi connectivity index (χ1v) is 10.3. The molecule has 29 heavy (non-hydrogen) atoms. The van der Waals surface area contributed by atoms with E-state index in [1.54, 1.807) is 0 Å². The fraction of sp³-hybridized carbons (Fsp3) is 0.545. The van der Waals surface area contributed by atoms with Crippen LogP contribution in [0.3, 0.4) is 0 Å². The summed E-state index contributed by atoms with van der Waals surface area (Å²) in [4.78, 5) is 4.91. The first-order chi connectivity index (χ1) is 14.5. The molecular formula is C22H30N4O3. The molecule has 3 aromatic rings. The summed E-state index contributed by atoms with van der Waals surface area (Å²) >= 11 is 0. The van der Waals surface area contributed by atoms with Gasteiger partial charge in [0.15, 0.2) is 0 Å². The van der Waals surface area contributed by atoms with Gasteiger partial charge in [0.1, 0.15) is 11.6 Å². The van der Waals surface area contributed by atoms with Gasteiger partial charge in [-0.1, -0.05) is 11.2 Å². The van der Waals surface area contributed by atoms with Crippen LogP contribution in [0.1, 0.15) is 62.8 Å². The van der Waals surface area contributed by atoms with E-state index < -0.39 is 0 Å². The second-order valence-electron chi connectivity index (χ2n) is 7.96. The molecule has 7 nitrogen and oxygen atoms in total. The summed E-state index contributed by atoms with van der Waals surface area (Å²) in [7, 11) is 0.0143. The molecule has 0 unspecified atom stereocenters. The van der Waals surface area contributed by atoms with Crippen LogP contribution in [-0.4, -0.2) is 39.6 Å². The van der Waals surface area contributed by atoms with Gasteiger partial charge in [0, 0.05) is 25.3 Å². The predicted octanol–water partition coefficient (Wildman–Crippen LogP) is 3.82. The Labute approximate surface area is 172 Å². The van der Waals surface area contributed by atoms with Crippen molar-refractivity contribution in [3.8, 4) is 11.1 Å². The SMILES string of the molecule is [2H]COC1CCC(n2c([C@@H](N)CCO)nc3cc(-c4c(C)noc4C)ccc32)CC1. The minimum Gasteiger partial charge on any atom is -0.396 e. The molecule has 7 heteroatoms. The maximum atomic E-state index is 9.43. The number of benzene rings is 1. The van der Waals surface area contributed by atoms with E-state index in [2.05, 4.69) is 27.9 Å². The van der Waals surface area contributed by atoms with E-state index >= 15 is 0 Å². The van der Waals surface area contributed by atoms with Gasteiger partial charge in [-0.2, -0.15) is 0 Å². The topological polar surface area (TPSA) is 99.3 Å². The highest BCUT2D eigenvalue weighted by molar-refractivity contribution is 5.83. The summed E-state index contributed by atoms with van der Waals surface area (Å²) in [6.07, 6.45) is 4.40. The van der Waals surface area contributed by atoms with Gasteiger partial charge < -0.3 is 24.7 Å². The first-order valence-electron chi connectivity index (χ1n) is 11.0. The third kappa shape index (κ3) is 3.70. The molecule has 0 radical (unpaired) electrons. The van der Waals surface area contributed by atoms with Gasteiger partial charge >= 0.3 is 0 Å². The van der Waals surface area contributed by atoms with Crippen LogP contribution in [0.5, 0.6) is 0 Å².